The third-order valence-electron chi connectivity index (χ3n) is 5.90. The number of Topliss-reactive ketones (excluding diaryl/α,β-unsaturated/α-hetero) is 1. The van der Waals surface area contributed by atoms with Crippen molar-refractivity contribution in [1.82, 2.24) is 20.1 Å². The normalized spacial score (nSPS) is 18.0. The Morgan fingerprint density at radius 1 is 1.16 bits per heavy atom. The van der Waals surface area contributed by atoms with Crippen molar-refractivity contribution >= 4 is 17.4 Å². The van der Waals surface area contributed by atoms with Gasteiger partial charge in [-0.2, -0.15) is 5.10 Å². The van der Waals surface area contributed by atoms with Crippen molar-refractivity contribution in [3.63, 3.8) is 0 Å². The fourth-order valence-electron chi connectivity index (χ4n) is 4.18. The van der Waals surface area contributed by atoms with Crippen LogP contribution in [0.3, 0.4) is 0 Å². The van der Waals surface area contributed by atoms with E-state index < -0.39 is 17.7 Å². The molecule has 164 valence electrons. The predicted molar refractivity (Wildman–Crippen MR) is 121 cm³/mol. The second-order valence-corrected chi connectivity index (χ2v) is 8.42. The lowest BCUT2D eigenvalue weighted by atomic mass is 9.92. The molecule has 2 aromatic heterocycles. The predicted octanol–water partition coefficient (Wildman–Crippen LogP) is 4.17. The molecule has 0 saturated carbocycles. The van der Waals surface area contributed by atoms with Gasteiger partial charge in [-0.15, -0.1) is 0 Å². The standard InChI is InChI=1S/C25H26N4O3/c1-14(2)18-7-9-19(10-8-18)22-21(23(30)20-15(3)27-28-16(20)4)24(31)25(32)29(22)13-17-6-5-11-26-12-17/h5-12,14,22,30H,13H2,1-4H3,(H,27,28)/b23-21+/t22-/m0/s1. The first-order valence-electron chi connectivity index (χ1n) is 10.6. The summed E-state index contributed by atoms with van der Waals surface area (Å²) < 4.78 is 0. The average Bonchev–Trinajstić information content (AvgIpc) is 3.25. The number of aryl methyl sites for hydroxylation is 2. The zero-order valence-corrected chi connectivity index (χ0v) is 18.6. The van der Waals surface area contributed by atoms with Gasteiger partial charge in [0.15, 0.2) is 0 Å². The lowest BCUT2D eigenvalue weighted by molar-refractivity contribution is -0.140. The summed E-state index contributed by atoms with van der Waals surface area (Å²) in [5, 5.41) is 18.2. The van der Waals surface area contributed by atoms with E-state index in [0.717, 1.165) is 16.7 Å². The number of pyridine rings is 1. The number of ketones is 1. The Kier molecular flexibility index (Phi) is 5.65. The molecule has 3 aromatic rings. The number of nitrogens with one attached hydrogen (secondary N) is 1. The molecular weight excluding hydrogens is 404 g/mol. The van der Waals surface area contributed by atoms with Crippen LogP contribution >= 0.6 is 0 Å². The van der Waals surface area contributed by atoms with Gasteiger partial charge in [0, 0.05) is 24.6 Å². The monoisotopic (exact) mass is 430 g/mol. The Balaban J connectivity index is 1.88. The fourth-order valence-corrected chi connectivity index (χ4v) is 4.18. The third kappa shape index (κ3) is 3.70. The number of hydrogen-bond donors (Lipinski definition) is 2. The number of rotatable bonds is 5. The van der Waals surface area contributed by atoms with Gasteiger partial charge in [0.05, 0.1) is 22.9 Å². The molecule has 4 rings (SSSR count). The summed E-state index contributed by atoms with van der Waals surface area (Å²) in [6, 6.07) is 10.8. The Bertz CT molecular complexity index is 1170. The summed E-state index contributed by atoms with van der Waals surface area (Å²) in [6.07, 6.45) is 3.33. The zero-order chi connectivity index (χ0) is 23.0. The van der Waals surface area contributed by atoms with E-state index in [1.54, 1.807) is 32.3 Å². The van der Waals surface area contributed by atoms with Gasteiger partial charge >= 0.3 is 0 Å². The molecule has 1 atom stereocenters. The van der Waals surface area contributed by atoms with E-state index >= 15 is 0 Å². The van der Waals surface area contributed by atoms with Crippen molar-refractivity contribution in [2.75, 3.05) is 0 Å². The van der Waals surface area contributed by atoms with Gasteiger partial charge in [-0.3, -0.25) is 19.7 Å². The summed E-state index contributed by atoms with van der Waals surface area (Å²) in [5.74, 6) is -1.21. The molecule has 32 heavy (non-hydrogen) atoms. The number of H-pyrrole nitrogens is 1. The molecule has 0 spiro atoms. The average molecular weight is 431 g/mol. The molecule has 0 aliphatic carbocycles. The number of hydrogen-bond acceptors (Lipinski definition) is 5. The highest BCUT2D eigenvalue weighted by atomic mass is 16.3. The van der Waals surface area contributed by atoms with Gasteiger partial charge in [-0.05, 0) is 42.5 Å². The van der Waals surface area contributed by atoms with Gasteiger partial charge in [-0.1, -0.05) is 44.2 Å². The highest BCUT2D eigenvalue weighted by Crippen LogP contribution is 2.41. The van der Waals surface area contributed by atoms with Crippen molar-refractivity contribution in [3.8, 4) is 0 Å². The smallest absolute Gasteiger partial charge is 0.295 e. The van der Waals surface area contributed by atoms with Crippen molar-refractivity contribution in [2.45, 2.75) is 46.2 Å². The lowest BCUT2D eigenvalue weighted by Crippen LogP contribution is -2.29. The quantitative estimate of drug-likeness (QED) is 0.360. The van der Waals surface area contributed by atoms with Crippen molar-refractivity contribution in [1.29, 1.82) is 0 Å². The van der Waals surface area contributed by atoms with E-state index in [1.165, 1.54) is 4.90 Å². The number of aromatic nitrogens is 3. The minimum Gasteiger partial charge on any atom is -0.507 e. The molecule has 7 heteroatoms. The van der Waals surface area contributed by atoms with Crippen LogP contribution in [-0.4, -0.2) is 36.9 Å². The van der Waals surface area contributed by atoms with Gasteiger partial charge in [-0.25, -0.2) is 0 Å². The number of carbonyl (C=O) groups excluding carboxylic acids is 2. The number of aliphatic hydroxyl groups is 1. The topological polar surface area (TPSA) is 99.2 Å². The molecule has 0 bridgehead atoms. The summed E-state index contributed by atoms with van der Waals surface area (Å²) in [6.45, 7) is 7.93. The van der Waals surface area contributed by atoms with Crippen LogP contribution in [0.1, 0.15) is 59.4 Å². The Morgan fingerprint density at radius 3 is 2.44 bits per heavy atom. The molecule has 7 nitrogen and oxygen atoms in total. The van der Waals surface area contributed by atoms with Crippen LogP contribution in [0.25, 0.3) is 5.76 Å². The molecule has 1 aliphatic rings. The molecule has 1 amide bonds. The van der Waals surface area contributed by atoms with Gasteiger partial charge in [0.25, 0.3) is 11.7 Å². The molecule has 1 aliphatic heterocycles. The van der Waals surface area contributed by atoms with E-state index in [1.807, 2.05) is 30.3 Å². The SMILES string of the molecule is Cc1n[nH]c(C)c1/C(O)=C1\C(=O)C(=O)N(Cc2cccnc2)[C@H]1c1ccc(C(C)C)cc1. The summed E-state index contributed by atoms with van der Waals surface area (Å²) >= 11 is 0. The number of amides is 1. The number of carbonyl (C=O) groups is 2. The number of benzene rings is 1. The fraction of sp³-hybridized carbons (Fsp3) is 0.280. The highest BCUT2D eigenvalue weighted by Gasteiger charge is 2.46. The second-order valence-electron chi connectivity index (χ2n) is 8.42. The largest absolute Gasteiger partial charge is 0.507 e. The van der Waals surface area contributed by atoms with Gasteiger partial charge in [0.2, 0.25) is 0 Å². The first kappa shape index (κ1) is 21.5. The Morgan fingerprint density at radius 2 is 1.88 bits per heavy atom. The number of likely N-dealkylation sites (tertiary alicyclic amines) is 1. The highest BCUT2D eigenvalue weighted by molar-refractivity contribution is 6.46. The van der Waals surface area contributed by atoms with E-state index in [4.69, 9.17) is 0 Å². The minimum absolute atomic E-state index is 0.0730. The van der Waals surface area contributed by atoms with Crippen LogP contribution in [0.5, 0.6) is 0 Å². The molecule has 1 saturated heterocycles. The number of aliphatic hydroxyl groups excluding tert-OH is 1. The Labute approximate surface area is 186 Å². The minimum atomic E-state index is -0.717. The van der Waals surface area contributed by atoms with Crippen molar-refractivity contribution in [2.24, 2.45) is 0 Å². The van der Waals surface area contributed by atoms with E-state index in [0.29, 0.717) is 22.9 Å². The third-order valence-corrected chi connectivity index (χ3v) is 5.90. The van der Waals surface area contributed by atoms with Crippen LogP contribution in [0.15, 0.2) is 54.4 Å². The van der Waals surface area contributed by atoms with Crippen molar-refractivity contribution < 1.29 is 14.7 Å². The molecule has 0 unspecified atom stereocenters. The molecule has 1 fully saturated rings. The molecule has 2 N–H and O–H groups in total. The molecule has 0 radical (unpaired) electrons. The molecule has 3 heterocycles. The van der Waals surface area contributed by atoms with E-state index in [-0.39, 0.29) is 17.9 Å². The van der Waals surface area contributed by atoms with Crippen LogP contribution < -0.4 is 0 Å². The van der Waals surface area contributed by atoms with E-state index in [2.05, 4.69) is 29.0 Å². The summed E-state index contributed by atoms with van der Waals surface area (Å²) in [4.78, 5) is 31.9. The second kappa shape index (κ2) is 8.42. The maximum Gasteiger partial charge on any atom is 0.295 e. The van der Waals surface area contributed by atoms with Crippen LogP contribution in [0.4, 0.5) is 0 Å². The summed E-state index contributed by atoms with van der Waals surface area (Å²) in [7, 11) is 0. The lowest BCUT2D eigenvalue weighted by Gasteiger charge is -2.25. The molecular formula is C25H26N4O3. The maximum atomic E-state index is 13.2. The zero-order valence-electron chi connectivity index (χ0n) is 18.6. The van der Waals surface area contributed by atoms with Crippen LogP contribution in [-0.2, 0) is 16.1 Å². The maximum absolute atomic E-state index is 13.2. The van der Waals surface area contributed by atoms with Gasteiger partial charge in [0.1, 0.15) is 5.76 Å². The summed E-state index contributed by atoms with van der Waals surface area (Å²) in [5.41, 5.74) is 4.43. The molecule has 1 aromatic carbocycles. The van der Waals surface area contributed by atoms with Gasteiger partial charge < -0.3 is 10.0 Å². The van der Waals surface area contributed by atoms with Crippen LogP contribution in [0.2, 0.25) is 0 Å². The number of nitrogens with zero attached hydrogens (tertiary/aromatic N) is 3. The first-order chi connectivity index (χ1) is 15.3. The first-order valence-corrected chi connectivity index (χ1v) is 10.6. The van der Waals surface area contributed by atoms with E-state index in [9.17, 15) is 14.7 Å². The number of aromatic amines is 1. The van der Waals surface area contributed by atoms with Crippen LogP contribution in [0, 0.1) is 13.8 Å². The van der Waals surface area contributed by atoms with Crippen molar-refractivity contribution in [3.05, 3.63) is 88.0 Å². The Hall–Kier alpha value is -3.74.